The second-order valence-corrected chi connectivity index (χ2v) is 4.49. The summed E-state index contributed by atoms with van der Waals surface area (Å²) in [6.07, 6.45) is 1.77. The Labute approximate surface area is 120 Å². The van der Waals surface area contributed by atoms with Crippen LogP contribution < -0.4 is 10.6 Å². The number of amides is 1. The van der Waals surface area contributed by atoms with Gasteiger partial charge in [-0.05, 0) is 17.7 Å². The van der Waals surface area contributed by atoms with Crippen molar-refractivity contribution in [1.82, 2.24) is 15.5 Å². The molecule has 0 fully saturated rings. The summed E-state index contributed by atoms with van der Waals surface area (Å²) in [5, 5.41) is 6.28. The molecule has 0 heterocycles. The molecule has 1 rings (SSSR count). The van der Waals surface area contributed by atoms with E-state index in [0.717, 1.165) is 11.5 Å². The van der Waals surface area contributed by atoms with Crippen LogP contribution >= 0.6 is 0 Å². The summed E-state index contributed by atoms with van der Waals surface area (Å²) < 4.78 is 0. The van der Waals surface area contributed by atoms with Crippen LogP contribution in [0.15, 0.2) is 41.9 Å². The van der Waals surface area contributed by atoms with Crippen LogP contribution in [0.3, 0.4) is 0 Å². The molecule has 1 aromatic rings. The molecule has 0 aromatic heterocycles. The number of benzene rings is 1. The zero-order chi connectivity index (χ0) is 15.0. The van der Waals surface area contributed by atoms with E-state index in [1.165, 1.54) is 0 Å². The molecule has 1 amide bonds. The lowest BCUT2D eigenvalue weighted by molar-refractivity contribution is 0.0827. The largest absolute Gasteiger partial charge is 0.353 e. The minimum absolute atomic E-state index is 0.00738. The van der Waals surface area contributed by atoms with E-state index >= 15 is 0 Å². The van der Waals surface area contributed by atoms with Crippen molar-refractivity contribution >= 4 is 11.9 Å². The lowest BCUT2D eigenvalue weighted by atomic mass is 10.1. The first-order valence-corrected chi connectivity index (χ1v) is 6.44. The fraction of sp³-hybridized carbons (Fsp3) is 0.333. The first-order chi connectivity index (χ1) is 9.58. The highest BCUT2D eigenvalue weighted by Crippen LogP contribution is 2.06. The summed E-state index contributed by atoms with van der Waals surface area (Å²) in [7, 11) is 5.21. The molecule has 0 unspecified atom stereocenters. The van der Waals surface area contributed by atoms with Gasteiger partial charge in [-0.1, -0.05) is 18.2 Å². The van der Waals surface area contributed by atoms with Crippen molar-refractivity contribution in [2.24, 2.45) is 4.99 Å². The lowest BCUT2D eigenvalue weighted by Gasteiger charge is -2.12. The summed E-state index contributed by atoms with van der Waals surface area (Å²) in [6, 6.07) is 7.54. The SMILES string of the molecule is C=CCNC(=NC)NCc1ccc(C(=O)N(C)C)cc1. The second-order valence-electron chi connectivity index (χ2n) is 4.49. The number of guanidine groups is 1. The molecule has 108 valence electrons. The van der Waals surface area contributed by atoms with Gasteiger partial charge >= 0.3 is 0 Å². The summed E-state index contributed by atoms with van der Waals surface area (Å²) in [6.45, 7) is 4.95. The Bertz CT molecular complexity index is 477. The van der Waals surface area contributed by atoms with Gasteiger partial charge in [0.2, 0.25) is 0 Å². The zero-order valence-electron chi connectivity index (χ0n) is 12.3. The number of aliphatic imine (C=N–C) groups is 1. The predicted molar refractivity (Wildman–Crippen MR) is 82.9 cm³/mol. The average Bonchev–Trinajstić information content (AvgIpc) is 2.47. The fourth-order valence-electron chi connectivity index (χ4n) is 1.60. The highest BCUT2D eigenvalue weighted by atomic mass is 16.2. The molecule has 0 aliphatic heterocycles. The summed E-state index contributed by atoms with van der Waals surface area (Å²) in [5.41, 5.74) is 1.77. The monoisotopic (exact) mass is 274 g/mol. The third kappa shape index (κ3) is 4.76. The van der Waals surface area contributed by atoms with Crippen molar-refractivity contribution in [2.45, 2.75) is 6.54 Å². The van der Waals surface area contributed by atoms with E-state index in [0.29, 0.717) is 18.7 Å². The lowest BCUT2D eigenvalue weighted by Crippen LogP contribution is -2.36. The first kappa shape index (κ1) is 15.8. The van der Waals surface area contributed by atoms with Crippen LogP contribution in [0.4, 0.5) is 0 Å². The molecule has 0 spiro atoms. The van der Waals surface area contributed by atoms with Crippen LogP contribution in [-0.2, 0) is 6.54 Å². The maximum atomic E-state index is 11.8. The van der Waals surface area contributed by atoms with Gasteiger partial charge in [0.15, 0.2) is 5.96 Å². The molecule has 1 aromatic carbocycles. The van der Waals surface area contributed by atoms with Crippen molar-refractivity contribution < 1.29 is 4.79 Å². The summed E-state index contributed by atoms with van der Waals surface area (Å²) in [4.78, 5) is 17.4. The third-order valence-corrected chi connectivity index (χ3v) is 2.70. The van der Waals surface area contributed by atoms with E-state index in [2.05, 4.69) is 22.2 Å². The van der Waals surface area contributed by atoms with Gasteiger partial charge in [-0.3, -0.25) is 9.79 Å². The Morgan fingerprint density at radius 3 is 2.45 bits per heavy atom. The maximum absolute atomic E-state index is 11.8. The minimum atomic E-state index is 0.00738. The van der Waals surface area contributed by atoms with E-state index < -0.39 is 0 Å². The van der Waals surface area contributed by atoms with Crippen LogP contribution in [0.2, 0.25) is 0 Å². The number of nitrogens with zero attached hydrogens (tertiary/aromatic N) is 2. The summed E-state index contributed by atoms with van der Waals surface area (Å²) in [5.74, 6) is 0.728. The van der Waals surface area contributed by atoms with Gasteiger partial charge in [-0.25, -0.2) is 0 Å². The smallest absolute Gasteiger partial charge is 0.253 e. The number of hydrogen-bond donors (Lipinski definition) is 2. The van der Waals surface area contributed by atoms with Crippen LogP contribution in [0.25, 0.3) is 0 Å². The third-order valence-electron chi connectivity index (χ3n) is 2.70. The number of carbonyl (C=O) groups is 1. The maximum Gasteiger partial charge on any atom is 0.253 e. The molecule has 5 nitrogen and oxygen atoms in total. The van der Waals surface area contributed by atoms with Gasteiger partial charge in [-0.15, -0.1) is 6.58 Å². The van der Waals surface area contributed by atoms with E-state index in [9.17, 15) is 4.79 Å². The molecule has 0 radical (unpaired) electrons. The fourth-order valence-corrected chi connectivity index (χ4v) is 1.60. The van der Waals surface area contributed by atoms with Gasteiger partial charge in [0.25, 0.3) is 5.91 Å². The van der Waals surface area contributed by atoms with Gasteiger partial charge in [0.1, 0.15) is 0 Å². The van der Waals surface area contributed by atoms with Crippen LogP contribution in [-0.4, -0.2) is 44.5 Å². The molecule has 0 atom stereocenters. The molecule has 0 bridgehead atoms. The topological polar surface area (TPSA) is 56.7 Å². The van der Waals surface area contributed by atoms with Gasteiger partial charge in [0, 0.05) is 39.8 Å². The quantitative estimate of drug-likeness (QED) is 0.482. The Morgan fingerprint density at radius 1 is 1.30 bits per heavy atom. The Hall–Kier alpha value is -2.30. The molecule has 0 aliphatic rings. The highest BCUT2D eigenvalue weighted by Gasteiger charge is 2.07. The number of nitrogens with one attached hydrogen (secondary N) is 2. The van der Waals surface area contributed by atoms with Crippen molar-refractivity contribution in [1.29, 1.82) is 0 Å². The van der Waals surface area contributed by atoms with E-state index in [-0.39, 0.29) is 5.91 Å². The van der Waals surface area contributed by atoms with Crippen LogP contribution in [0.1, 0.15) is 15.9 Å². The van der Waals surface area contributed by atoms with E-state index in [4.69, 9.17) is 0 Å². The average molecular weight is 274 g/mol. The zero-order valence-corrected chi connectivity index (χ0v) is 12.3. The molecule has 5 heteroatoms. The van der Waals surface area contributed by atoms with Gasteiger partial charge in [-0.2, -0.15) is 0 Å². The Morgan fingerprint density at radius 2 is 1.95 bits per heavy atom. The molecule has 0 aliphatic carbocycles. The van der Waals surface area contributed by atoms with Gasteiger partial charge in [0.05, 0.1) is 0 Å². The van der Waals surface area contributed by atoms with Crippen LogP contribution in [0, 0.1) is 0 Å². The Balaban J connectivity index is 2.57. The van der Waals surface area contributed by atoms with Crippen molar-refractivity contribution in [2.75, 3.05) is 27.7 Å². The second kappa shape index (κ2) is 7.99. The standard InChI is InChI=1S/C15H22N4O/c1-5-10-17-15(16-2)18-11-12-6-8-13(9-7-12)14(20)19(3)4/h5-9H,1,10-11H2,2-4H3,(H2,16,17,18). The predicted octanol–water partition coefficient (Wildman–Crippen LogP) is 1.24. The van der Waals surface area contributed by atoms with E-state index in [1.807, 2.05) is 24.3 Å². The minimum Gasteiger partial charge on any atom is -0.353 e. The molecular weight excluding hydrogens is 252 g/mol. The normalized spacial score (nSPS) is 10.8. The van der Waals surface area contributed by atoms with Crippen molar-refractivity contribution in [3.63, 3.8) is 0 Å². The number of rotatable bonds is 5. The highest BCUT2D eigenvalue weighted by molar-refractivity contribution is 5.93. The van der Waals surface area contributed by atoms with Gasteiger partial charge < -0.3 is 15.5 Å². The molecule has 0 saturated heterocycles. The summed E-state index contributed by atoms with van der Waals surface area (Å²) >= 11 is 0. The van der Waals surface area contributed by atoms with Crippen molar-refractivity contribution in [3.05, 3.63) is 48.0 Å². The van der Waals surface area contributed by atoms with Crippen molar-refractivity contribution in [3.8, 4) is 0 Å². The van der Waals surface area contributed by atoms with Crippen LogP contribution in [0.5, 0.6) is 0 Å². The Kier molecular flexibility index (Phi) is 6.29. The number of carbonyl (C=O) groups excluding carboxylic acids is 1. The molecule has 0 saturated carbocycles. The first-order valence-electron chi connectivity index (χ1n) is 6.44. The molecular formula is C15H22N4O. The van der Waals surface area contributed by atoms with E-state index in [1.54, 1.807) is 32.1 Å². The molecule has 20 heavy (non-hydrogen) atoms. The number of hydrogen-bond acceptors (Lipinski definition) is 2. The molecule has 2 N–H and O–H groups in total.